The van der Waals surface area contributed by atoms with Crippen LogP contribution < -0.4 is 5.32 Å². The molecule has 0 atom stereocenters. The van der Waals surface area contributed by atoms with Gasteiger partial charge in [-0.2, -0.15) is 0 Å². The molecular formula is C14H22N2O3. The molecule has 0 radical (unpaired) electrons. The molecule has 0 amide bonds. The fraction of sp³-hybridized carbons (Fsp3) is 0.571. The maximum atomic E-state index is 10.6. The largest absolute Gasteiger partial charge is 0.380 e. The minimum atomic E-state index is -0.376. The Kier molecular flexibility index (Phi) is 7.07. The first-order valence-corrected chi connectivity index (χ1v) is 6.61. The van der Waals surface area contributed by atoms with E-state index in [0.29, 0.717) is 19.1 Å². The van der Waals surface area contributed by atoms with Crippen molar-refractivity contribution in [2.45, 2.75) is 26.8 Å². The summed E-state index contributed by atoms with van der Waals surface area (Å²) in [5, 5.41) is 13.8. The van der Waals surface area contributed by atoms with Crippen molar-refractivity contribution in [3.63, 3.8) is 0 Å². The minimum absolute atomic E-state index is 0.132. The molecule has 0 unspecified atom stereocenters. The number of hydrogen-bond acceptors (Lipinski definition) is 4. The Morgan fingerprint density at radius 1 is 1.37 bits per heavy atom. The number of non-ortho nitro benzene ring substituents is 1. The van der Waals surface area contributed by atoms with E-state index in [9.17, 15) is 10.1 Å². The van der Waals surface area contributed by atoms with Crippen LogP contribution in [0.4, 0.5) is 5.69 Å². The van der Waals surface area contributed by atoms with Crippen molar-refractivity contribution in [3.8, 4) is 0 Å². The van der Waals surface area contributed by atoms with Crippen LogP contribution in [-0.2, 0) is 11.3 Å². The molecule has 5 heteroatoms. The SMILES string of the molecule is CC(C)CCOCCNCc1cccc([N+](=O)[O-])c1. The zero-order valence-corrected chi connectivity index (χ0v) is 11.6. The number of nitrogens with one attached hydrogen (secondary N) is 1. The molecule has 0 fully saturated rings. The Morgan fingerprint density at radius 2 is 2.16 bits per heavy atom. The Balaban J connectivity index is 2.15. The third-order valence-electron chi connectivity index (χ3n) is 2.71. The zero-order valence-electron chi connectivity index (χ0n) is 11.6. The maximum Gasteiger partial charge on any atom is 0.269 e. The number of rotatable bonds is 9. The highest BCUT2D eigenvalue weighted by Crippen LogP contribution is 2.12. The van der Waals surface area contributed by atoms with Gasteiger partial charge in [-0.1, -0.05) is 26.0 Å². The van der Waals surface area contributed by atoms with Crippen molar-refractivity contribution in [1.29, 1.82) is 0 Å². The number of nitrogens with zero attached hydrogens (tertiary/aromatic N) is 1. The lowest BCUT2D eigenvalue weighted by molar-refractivity contribution is -0.384. The van der Waals surface area contributed by atoms with Crippen LogP contribution in [0.1, 0.15) is 25.8 Å². The summed E-state index contributed by atoms with van der Waals surface area (Å²) < 4.78 is 5.47. The first-order valence-electron chi connectivity index (χ1n) is 6.61. The fourth-order valence-electron chi connectivity index (χ4n) is 1.58. The summed E-state index contributed by atoms with van der Waals surface area (Å²) >= 11 is 0. The summed E-state index contributed by atoms with van der Waals surface area (Å²) in [7, 11) is 0. The Hall–Kier alpha value is -1.46. The van der Waals surface area contributed by atoms with E-state index in [-0.39, 0.29) is 10.6 Å². The van der Waals surface area contributed by atoms with Crippen molar-refractivity contribution in [3.05, 3.63) is 39.9 Å². The minimum Gasteiger partial charge on any atom is -0.380 e. The van der Waals surface area contributed by atoms with E-state index in [0.717, 1.165) is 25.1 Å². The molecule has 0 aliphatic rings. The molecule has 5 nitrogen and oxygen atoms in total. The average Bonchev–Trinajstić information content (AvgIpc) is 2.37. The van der Waals surface area contributed by atoms with Crippen LogP contribution in [0.2, 0.25) is 0 Å². The van der Waals surface area contributed by atoms with Crippen LogP contribution in [0, 0.1) is 16.0 Å². The summed E-state index contributed by atoms with van der Waals surface area (Å²) in [5.74, 6) is 0.665. The summed E-state index contributed by atoms with van der Waals surface area (Å²) in [6.07, 6.45) is 1.07. The monoisotopic (exact) mass is 266 g/mol. The van der Waals surface area contributed by atoms with Gasteiger partial charge in [-0.3, -0.25) is 10.1 Å². The Bertz CT molecular complexity index is 394. The van der Waals surface area contributed by atoms with Gasteiger partial charge in [0.05, 0.1) is 11.5 Å². The molecule has 1 N–H and O–H groups in total. The first kappa shape index (κ1) is 15.6. The molecule has 0 heterocycles. The molecule has 1 aromatic rings. The van der Waals surface area contributed by atoms with Gasteiger partial charge in [-0.15, -0.1) is 0 Å². The second-order valence-electron chi connectivity index (χ2n) is 4.90. The topological polar surface area (TPSA) is 64.4 Å². The average molecular weight is 266 g/mol. The molecule has 19 heavy (non-hydrogen) atoms. The fourth-order valence-corrected chi connectivity index (χ4v) is 1.58. The molecule has 0 spiro atoms. The number of benzene rings is 1. The van der Waals surface area contributed by atoms with E-state index in [1.165, 1.54) is 6.07 Å². The van der Waals surface area contributed by atoms with E-state index in [2.05, 4.69) is 19.2 Å². The van der Waals surface area contributed by atoms with Gasteiger partial charge >= 0.3 is 0 Å². The molecule has 106 valence electrons. The van der Waals surface area contributed by atoms with Crippen LogP contribution in [0.25, 0.3) is 0 Å². The van der Waals surface area contributed by atoms with Crippen LogP contribution in [0.15, 0.2) is 24.3 Å². The normalized spacial score (nSPS) is 10.9. The highest BCUT2D eigenvalue weighted by molar-refractivity contribution is 5.34. The number of nitro benzene ring substituents is 1. The molecule has 0 saturated heterocycles. The molecular weight excluding hydrogens is 244 g/mol. The molecule has 0 aromatic heterocycles. The third kappa shape index (κ3) is 6.88. The van der Waals surface area contributed by atoms with E-state index >= 15 is 0 Å². The van der Waals surface area contributed by atoms with Crippen LogP contribution >= 0.6 is 0 Å². The lowest BCUT2D eigenvalue weighted by Gasteiger charge is -2.07. The molecule has 1 rings (SSSR count). The standard InChI is InChI=1S/C14H22N2O3/c1-12(2)6-8-19-9-7-15-11-13-4-3-5-14(10-13)16(17)18/h3-5,10,12,15H,6-9,11H2,1-2H3. The predicted molar refractivity (Wildman–Crippen MR) is 75.1 cm³/mol. The van der Waals surface area contributed by atoms with E-state index in [1.54, 1.807) is 12.1 Å². The quantitative estimate of drug-likeness (QED) is 0.424. The van der Waals surface area contributed by atoms with Crippen molar-refractivity contribution in [1.82, 2.24) is 5.32 Å². The van der Waals surface area contributed by atoms with E-state index in [4.69, 9.17) is 4.74 Å². The van der Waals surface area contributed by atoms with Crippen molar-refractivity contribution >= 4 is 5.69 Å². The van der Waals surface area contributed by atoms with Crippen LogP contribution in [-0.4, -0.2) is 24.7 Å². The summed E-state index contributed by atoms with van der Waals surface area (Å²) in [4.78, 5) is 10.2. The lowest BCUT2D eigenvalue weighted by Crippen LogP contribution is -2.19. The summed E-state index contributed by atoms with van der Waals surface area (Å²) in [6, 6.07) is 6.67. The van der Waals surface area contributed by atoms with Crippen molar-refractivity contribution < 1.29 is 9.66 Å². The van der Waals surface area contributed by atoms with Gasteiger partial charge in [0, 0.05) is 31.8 Å². The third-order valence-corrected chi connectivity index (χ3v) is 2.71. The van der Waals surface area contributed by atoms with Crippen molar-refractivity contribution in [2.75, 3.05) is 19.8 Å². The van der Waals surface area contributed by atoms with Crippen LogP contribution in [0.5, 0.6) is 0 Å². The van der Waals surface area contributed by atoms with E-state index < -0.39 is 0 Å². The summed E-state index contributed by atoms with van der Waals surface area (Å²) in [5.41, 5.74) is 1.05. The van der Waals surface area contributed by atoms with Gasteiger partial charge in [0.25, 0.3) is 5.69 Å². The van der Waals surface area contributed by atoms with Gasteiger partial charge in [0.15, 0.2) is 0 Å². The molecule has 0 saturated carbocycles. The zero-order chi connectivity index (χ0) is 14.1. The van der Waals surface area contributed by atoms with Crippen molar-refractivity contribution in [2.24, 2.45) is 5.92 Å². The molecule has 0 aliphatic heterocycles. The lowest BCUT2D eigenvalue weighted by atomic mass is 10.1. The van der Waals surface area contributed by atoms with Crippen LogP contribution in [0.3, 0.4) is 0 Å². The first-order chi connectivity index (χ1) is 9.09. The van der Waals surface area contributed by atoms with Gasteiger partial charge in [-0.25, -0.2) is 0 Å². The highest BCUT2D eigenvalue weighted by Gasteiger charge is 2.04. The van der Waals surface area contributed by atoms with Gasteiger partial charge in [0.2, 0.25) is 0 Å². The molecule has 0 bridgehead atoms. The summed E-state index contributed by atoms with van der Waals surface area (Å²) in [6.45, 7) is 7.17. The Labute approximate surface area is 114 Å². The molecule has 1 aromatic carbocycles. The Morgan fingerprint density at radius 3 is 2.84 bits per heavy atom. The maximum absolute atomic E-state index is 10.6. The van der Waals surface area contributed by atoms with E-state index in [1.807, 2.05) is 6.07 Å². The predicted octanol–water partition coefficient (Wildman–Crippen LogP) is 2.75. The second kappa shape index (κ2) is 8.61. The number of nitro groups is 1. The smallest absolute Gasteiger partial charge is 0.269 e. The number of hydrogen-bond donors (Lipinski definition) is 1. The second-order valence-corrected chi connectivity index (χ2v) is 4.90. The van der Waals surface area contributed by atoms with Gasteiger partial charge < -0.3 is 10.1 Å². The number of ether oxygens (including phenoxy) is 1. The van der Waals surface area contributed by atoms with Gasteiger partial charge in [0.1, 0.15) is 0 Å². The van der Waals surface area contributed by atoms with Gasteiger partial charge in [-0.05, 0) is 17.9 Å². The molecule has 0 aliphatic carbocycles. The highest BCUT2D eigenvalue weighted by atomic mass is 16.6.